The summed E-state index contributed by atoms with van der Waals surface area (Å²) in [4.78, 5) is 2.45. The highest BCUT2D eigenvalue weighted by atomic mass is 15.2. The normalized spacial score (nSPS) is 12.1. The first kappa shape index (κ1) is 15.2. The second kappa shape index (κ2) is 7.55. The minimum atomic E-state index is 0.166. The highest BCUT2D eigenvalue weighted by Crippen LogP contribution is 2.26. The van der Waals surface area contributed by atoms with E-state index in [0.29, 0.717) is 0 Å². The fraction of sp³-hybridized carbons (Fsp3) is 0.625. The molecule has 0 saturated heterocycles. The number of likely N-dealkylation sites (N-methyl/N-ethyl adjacent to an activating group) is 1. The van der Waals surface area contributed by atoms with Gasteiger partial charge in [-0.2, -0.15) is 0 Å². The molecule has 0 atom stereocenters. The molecule has 1 aromatic rings. The second-order valence-electron chi connectivity index (χ2n) is 5.27. The molecule has 0 spiro atoms. The first-order valence-corrected chi connectivity index (χ1v) is 7.13. The molecule has 0 fully saturated rings. The van der Waals surface area contributed by atoms with Crippen molar-refractivity contribution >= 4 is 0 Å². The number of nitrogens with two attached hydrogens (primary N) is 1. The van der Waals surface area contributed by atoms with Crippen molar-refractivity contribution in [1.29, 1.82) is 0 Å². The quantitative estimate of drug-likeness (QED) is 0.764. The van der Waals surface area contributed by atoms with Crippen LogP contribution in [0.5, 0.6) is 0 Å². The van der Waals surface area contributed by atoms with Gasteiger partial charge in [0, 0.05) is 18.6 Å². The molecule has 0 radical (unpaired) electrons. The van der Waals surface area contributed by atoms with Crippen LogP contribution >= 0.6 is 0 Å². The Morgan fingerprint density at radius 3 is 2.06 bits per heavy atom. The third-order valence-corrected chi connectivity index (χ3v) is 3.88. The molecule has 0 unspecified atom stereocenters. The summed E-state index contributed by atoms with van der Waals surface area (Å²) in [5.41, 5.74) is 7.62. The van der Waals surface area contributed by atoms with Crippen molar-refractivity contribution in [2.75, 3.05) is 13.6 Å². The fourth-order valence-electron chi connectivity index (χ4n) is 2.82. The van der Waals surface area contributed by atoms with Gasteiger partial charge in [0.25, 0.3) is 0 Å². The van der Waals surface area contributed by atoms with Crippen LogP contribution in [0.3, 0.4) is 0 Å². The van der Waals surface area contributed by atoms with E-state index in [4.69, 9.17) is 5.73 Å². The zero-order chi connectivity index (χ0) is 13.4. The van der Waals surface area contributed by atoms with Crippen LogP contribution in [0.2, 0.25) is 0 Å². The van der Waals surface area contributed by atoms with Crippen LogP contribution in [0.1, 0.15) is 45.1 Å². The zero-order valence-electron chi connectivity index (χ0n) is 12.2. The summed E-state index contributed by atoms with van der Waals surface area (Å²) in [5, 5.41) is 0. The Balaban J connectivity index is 2.78. The van der Waals surface area contributed by atoms with E-state index < -0.39 is 0 Å². The molecule has 2 N–H and O–H groups in total. The van der Waals surface area contributed by atoms with Gasteiger partial charge in [-0.15, -0.1) is 0 Å². The van der Waals surface area contributed by atoms with Gasteiger partial charge in [-0.05, 0) is 25.5 Å². The summed E-state index contributed by atoms with van der Waals surface area (Å²) in [6.45, 7) is 6.23. The van der Waals surface area contributed by atoms with Crippen molar-refractivity contribution in [1.82, 2.24) is 4.90 Å². The SMILES string of the molecule is CCCC(CN)(CCC)N(C)Cc1ccccc1. The van der Waals surface area contributed by atoms with Gasteiger partial charge in [-0.3, -0.25) is 4.90 Å². The van der Waals surface area contributed by atoms with E-state index in [0.717, 1.165) is 13.1 Å². The maximum absolute atomic E-state index is 6.09. The molecule has 1 aromatic carbocycles. The molecule has 0 aliphatic carbocycles. The molecule has 0 aliphatic heterocycles. The Labute approximate surface area is 112 Å². The minimum Gasteiger partial charge on any atom is -0.329 e. The topological polar surface area (TPSA) is 29.3 Å². The molecule has 1 rings (SSSR count). The molecule has 0 bridgehead atoms. The zero-order valence-corrected chi connectivity index (χ0v) is 12.2. The van der Waals surface area contributed by atoms with E-state index >= 15 is 0 Å². The van der Waals surface area contributed by atoms with Gasteiger partial charge >= 0.3 is 0 Å². The largest absolute Gasteiger partial charge is 0.329 e. The lowest BCUT2D eigenvalue weighted by Gasteiger charge is -2.41. The van der Waals surface area contributed by atoms with Crippen molar-refractivity contribution in [3.05, 3.63) is 35.9 Å². The summed E-state index contributed by atoms with van der Waals surface area (Å²) >= 11 is 0. The van der Waals surface area contributed by atoms with Crippen LogP contribution in [0.25, 0.3) is 0 Å². The van der Waals surface area contributed by atoms with Gasteiger partial charge in [0.15, 0.2) is 0 Å². The molecule has 2 heteroatoms. The van der Waals surface area contributed by atoms with Crippen molar-refractivity contribution < 1.29 is 0 Å². The average molecular weight is 248 g/mol. The first-order valence-electron chi connectivity index (χ1n) is 7.13. The van der Waals surface area contributed by atoms with Crippen molar-refractivity contribution in [2.45, 2.75) is 51.6 Å². The Kier molecular flexibility index (Phi) is 6.37. The molecular weight excluding hydrogens is 220 g/mol. The van der Waals surface area contributed by atoms with E-state index in [9.17, 15) is 0 Å². The predicted octanol–water partition coefficient (Wildman–Crippen LogP) is 3.42. The number of rotatable bonds is 8. The van der Waals surface area contributed by atoms with E-state index in [1.54, 1.807) is 0 Å². The predicted molar refractivity (Wildman–Crippen MR) is 79.5 cm³/mol. The molecule has 0 aromatic heterocycles. The lowest BCUT2D eigenvalue weighted by molar-refractivity contribution is 0.0955. The van der Waals surface area contributed by atoms with Crippen LogP contribution < -0.4 is 5.73 Å². The van der Waals surface area contributed by atoms with Gasteiger partial charge < -0.3 is 5.73 Å². The fourth-order valence-corrected chi connectivity index (χ4v) is 2.82. The molecular formula is C16H28N2. The molecule has 0 aliphatic rings. The monoisotopic (exact) mass is 248 g/mol. The average Bonchev–Trinajstić information content (AvgIpc) is 2.39. The van der Waals surface area contributed by atoms with E-state index in [1.165, 1.54) is 31.2 Å². The van der Waals surface area contributed by atoms with Crippen LogP contribution in [0.4, 0.5) is 0 Å². The number of hydrogen-bond donors (Lipinski definition) is 1. The van der Waals surface area contributed by atoms with Gasteiger partial charge in [0.05, 0.1) is 0 Å². The molecule has 102 valence electrons. The summed E-state index contributed by atoms with van der Waals surface area (Å²) in [6, 6.07) is 10.7. The third kappa shape index (κ3) is 3.82. The molecule has 18 heavy (non-hydrogen) atoms. The first-order chi connectivity index (χ1) is 8.68. The number of benzene rings is 1. The molecule has 0 heterocycles. The Morgan fingerprint density at radius 2 is 1.61 bits per heavy atom. The van der Waals surface area contributed by atoms with Crippen molar-refractivity contribution in [3.63, 3.8) is 0 Å². The maximum Gasteiger partial charge on any atom is 0.0332 e. The highest BCUT2D eigenvalue weighted by molar-refractivity contribution is 5.15. The van der Waals surface area contributed by atoms with Gasteiger partial charge in [-0.1, -0.05) is 57.0 Å². The van der Waals surface area contributed by atoms with Crippen LogP contribution in [-0.2, 0) is 6.54 Å². The van der Waals surface area contributed by atoms with Crippen molar-refractivity contribution in [2.24, 2.45) is 5.73 Å². The minimum absolute atomic E-state index is 0.166. The number of nitrogens with zero attached hydrogens (tertiary/aromatic N) is 1. The summed E-state index contributed by atoms with van der Waals surface area (Å²) < 4.78 is 0. The van der Waals surface area contributed by atoms with Gasteiger partial charge in [0.1, 0.15) is 0 Å². The van der Waals surface area contributed by atoms with Crippen LogP contribution in [0.15, 0.2) is 30.3 Å². The standard InChI is InChI=1S/C16H28N2/c1-4-11-16(14-17,12-5-2)18(3)13-15-9-7-6-8-10-15/h6-10H,4-5,11-14,17H2,1-3H3. The van der Waals surface area contributed by atoms with Gasteiger partial charge in [0.2, 0.25) is 0 Å². The summed E-state index contributed by atoms with van der Waals surface area (Å²) in [7, 11) is 2.21. The molecule has 2 nitrogen and oxygen atoms in total. The Morgan fingerprint density at radius 1 is 1.06 bits per heavy atom. The summed E-state index contributed by atoms with van der Waals surface area (Å²) in [5.74, 6) is 0. The second-order valence-corrected chi connectivity index (χ2v) is 5.27. The van der Waals surface area contributed by atoms with E-state index in [2.05, 4.69) is 56.1 Å². The van der Waals surface area contributed by atoms with Crippen LogP contribution in [-0.4, -0.2) is 24.0 Å². The summed E-state index contributed by atoms with van der Waals surface area (Å²) in [6.07, 6.45) is 4.74. The van der Waals surface area contributed by atoms with Gasteiger partial charge in [-0.25, -0.2) is 0 Å². The molecule has 0 amide bonds. The van der Waals surface area contributed by atoms with E-state index in [-0.39, 0.29) is 5.54 Å². The Bertz CT molecular complexity index is 315. The highest BCUT2D eigenvalue weighted by Gasteiger charge is 2.31. The third-order valence-electron chi connectivity index (χ3n) is 3.88. The lowest BCUT2D eigenvalue weighted by atomic mass is 9.86. The smallest absolute Gasteiger partial charge is 0.0332 e. The van der Waals surface area contributed by atoms with E-state index in [1.807, 2.05) is 0 Å². The Hall–Kier alpha value is -0.860. The van der Waals surface area contributed by atoms with Crippen LogP contribution in [0, 0.1) is 0 Å². The lowest BCUT2D eigenvalue weighted by Crippen LogP contribution is -2.51. The maximum atomic E-state index is 6.09. The number of hydrogen-bond acceptors (Lipinski definition) is 2. The van der Waals surface area contributed by atoms with Crippen molar-refractivity contribution in [3.8, 4) is 0 Å². The molecule has 0 saturated carbocycles.